The Hall–Kier alpha value is -0.950. The van der Waals surface area contributed by atoms with E-state index in [0.29, 0.717) is 18.8 Å². The summed E-state index contributed by atoms with van der Waals surface area (Å²) in [5.74, 6) is 0.765. The lowest BCUT2D eigenvalue weighted by Gasteiger charge is -2.38. The van der Waals surface area contributed by atoms with E-state index in [4.69, 9.17) is 5.11 Å². The highest BCUT2D eigenvalue weighted by Crippen LogP contribution is 2.20. The molecule has 122 valence electrons. The van der Waals surface area contributed by atoms with Crippen LogP contribution in [0, 0.1) is 0 Å². The van der Waals surface area contributed by atoms with Crippen LogP contribution in [0.15, 0.2) is 0 Å². The van der Waals surface area contributed by atoms with E-state index in [9.17, 15) is 9.59 Å². The number of carboxylic acid groups (broad SMARTS) is 1. The summed E-state index contributed by atoms with van der Waals surface area (Å²) in [6.07, 6.45) is 0.965. The fourth-order valence-corrected chi connectivity index (χ4v) is 3.49. The van der Waals surface area contributed by atoms with E-state index >= 15 is 0 Å². The first-order valence-electron chi connectivity index (χ1n) is 7.45. The number of carboxylic acids is 1. The standard InChI is InChI=1S/C14H27N3O3S/c1-4-16(7-5-6-15(2)3)14(20)17-8-9-21-11-12(17)10-13(18)19/h12H,4-11H2,1-3H3,(H,18,19). The number of thioether (sulfide) groups is 1. The number of rotatable bonds is 7. The van der Waals surface area contributed by atoms with E-state index in [0.717, 1.165) is 25.3 Å². The van der Waals surface area contributed by atoms with E-state index in [2.05, 4.69) is 4.90 Å². The molecule has 6 nitrogen and oxygen atoms in total. The molecule has 1 aliphatic heterocycles. The molecule has 1 heterocycles. The molecular formula is C14H27N3O3S. The molecular weight excluding hydrogens is 290 g/mol. The second-order valence-electron chi connectivity index (χ2n) is 5.54. The SMILES string of the molecule is CCN(CCCN(C)C)C(=O)N1CCSCC1CC(=O)O. The predicted octanol–water partition coefficient (Wildman–Crippen LogP) is 1.27. The first-order chi connectivity index (χ1) is 9.95. The topological polar surface area (TPSA) is 64.1 Å². The van der Waals surface area contributed by atoms with Gasteiger partial charge in [-0.2, -0.15) is 11.8 Å². The average Bonchev–Trinajstić information content (AvgIpc) is 2.42. The van der Waals surface area contributed by atoms with Crippen molar-refractivity contribution in [3.63, 3.8) is 0 Å². The van der Waals surface area contributed by atoms with Gasteiger partial charge in [-0.3, -0.25) is 4.79 Å². The van der Waals surface area contributed by atoms with E-state index in [1.165, 1.54) is 0 Å². The molecule has 0 saturated carbocycles. The number of hydrogen-bond donors (Lipinski definition) is 1. The largest absolute Gasteiger partial charge is 0.481 e. The summed E-state index contributed by atoms with van der Waals surface area (Å²) in [5.41, 5.74) is 0. The molecule has 1 rings (SSSR count). The molecule has 1 unspecified atom stereocenters. The van der Waals surface area contributed by atoms with Crippen LogP contribution in [-0.4, -0.2) is 89.6 Å². The van der Waals surface area contributed by atoms with Crippen LogP contribution in [-0.2, 0) is 4.79 Å². The van der Waals surface area contributed by atoms with Gasteiger partial charge in [-0.05, 0) is 34.0 Å². The van der Waals surface area contributed by atoms with Crippen LogP contribution in [0.3, 0.4) is 0 Å². The van der Waals surface area contributed by atoms with Gasteiger partial charge in [-0.15, -0.1) is 0 Å². The molecule has 0 spiro atoms. The molecule has 0 aromatic rings. The van der Waals surface area contributed by atoms with Gasteiger partial charge in [0.2, 0.25) is 0 Å². The summed E-state index contributed by atoms with van der Waals surface area (Å²) in [7, 11) is 4.03. The van der Waals surface area contributed by atoms with E-state index in [1.807, 2.05) is 25.9 Å². The van der Waals surface area contributed by atoms with Crippen molar-refractivity contribution >= 4 is 23.8 Å². The van der Waals surface area contributed by atoms with Crippen molar-refractivity contribution in [1.82, 2.24) is 14.7 Å². The Labute approximate surface area is 131 Å². The lowest BCUT2D eigenvalue weighted by atomic mass is 10.2. The van der Waals surface area contributed by atoms with Crippen molar-refractivity contribution in [3.8, 4) is 0 Å². The van der Waals surface area contributed by atoms with Gasteiger partial charge in [-0.25, -0.2) is 4.79 Å². The lowest BCUT2D eigenvalue weighted by Crippen LogP contribution is -2.52. The smallest absolute Gasteiger partial charge is 0.320 e. The minimum absolute atomic E-state index is 0.0113. The van der Waals surface area contributed by atoms with E-state index in [-0.39, 0.29) is 18.5 Å². The summed E-state index contributed by atoms with van der Waals surface area (Å²) in [5, 5.41) is 9.00. The third kappa shape index (κ3) is 6.13. The Balaban J connectivity index is 2.60. The highest BCUT2D eigenvalue weighted by Gasteiger charge is 2.31. The maximum Gasteiger partial charge on any atom is 0.320 e. The molecule has 2 amide bonds. The Bertz CT molecular complexity index is 352. The number of amides is 2. The van der Waals surface area contributed by atoms with Crippen molar-refractivity contribution in [1.29, 1.82) is 0 Å². The third-order valence-corrected chi connectivity index (χ3v) is 4.66. The van der Waals surface area contributed by atoms with Crippen LogP contribution in [0.4, 0.5) is 4.79 Å². The van der Waals surface area contributed by atoms with Gasteiger partial charge in [0.25, 0.3) is 0 Å². The summed E-state index contributed by atoms with van der Waals surface area (Å²) in [6, 6.07) is -0.195. The Kier molecular flexibility index (Phi) is 7.88. The van der Waals surface area contributed by atoms with Gasteiger partial charge in [0.1, 0.15) is 0 Å². The van der Waals surface area contributed by atoms with Crippen LogP contribution >= 0.6 is 11.8 Å². The molecule has 1 saturated heterocycles. The summed E-state index contributed by atoms with van der Waals surface area (Å²) in [6.45, 7) is 4.94. The second kappa shape index (κ2) is 9.15. The second-order valence-corrected chi connectivity index (χ2v) is 6.69. The zero-order valence-corrected chi connectivity index (χ0v) is 14.1. The quantitative estimate of drug-likeness (QED) is 0.766. The Morgan fingerprint density at radius 2 is 2.05 bits per heavy atom. The number of carbonyl (C=O) groups is 2. The molecule has 0 aromatic carbocycles. The average molecular weight is 317 g/mol. The molecule has 1 N–H and O–H groups in total. The molecule has 7 heteroatoms. The molecule has 0 bridgehead atoms. The number of carbonyl (C=O) groups excluding carboxylic acids is 1. The first-order valence-corrected chi connectivity index (χ1v) is 8.61. The highest BCUT2D eigenvalue weighted by atomic mass is 32.2. The fourth-order valence-electron chi connectivity index (χ4n) is 2.43. The molecule has 1 atom stereocenters. The zero-order valence-electron chi connectivity index (χ0n) is 13.2. The van der Waals surface area contributed by atoms with Gasteiger partial charge in [0.05, 0.1) is 12.5 Å². The normalized spacial score (nSPS) is 18.9. The Morgan fingerprint density at radius 3 is 2.62 bits per heavy atom. The van der Waals surface area contributed by atoms with Gasteiger partial charge >= 0.3 is 12.0 Å². The van der Waals surface area contributed by atoms with Crippen molar-refractivity contribution in [3.05, 3.63) is 0 Å². The van der Waals surface area contributed by atoms with Crippen molar-refractivity contribution < 1.29 is 14.7 Å². The first kappa shape index (κ1) is 18.1. The van der Waals surface area contributed by atoms with Gasteiger partial charge in [0.15, 0.2) is 0 Å². The van der Waals surface area contributed by atoms with Gasteiger partial charge < -0.3 is 19.8 Å². The minimum atomic E-state index is -0.837. The van der Waals surface area contributed by atoms with Crippen LogP contribution in [0.5, 0.6) is 0 Å². The predicted molar refractivity (Wildman–Crippen MR) is 85.9 cm³/mol. The van der Waals surface area contributed by atoms with Crippen LogP contribution in [0.2, 0.25) is 0 Å². The number of hydrogen-bond acceptors (Lipinski definition) is 4. The van der Waals surface area contributed by atoms with Crippen molar-refractivity contribution in [2.24, 2.45) is 0 Å². The summed E-state index contributed by atoms with van der Waals surface area (Å²) < 4.78 is 0. The van der Waals surface area contributed by atoms with E-state index in [1.54, 1.807) is 16.7 Å². The molecule has 1 fully saturated rings. The summed E-state index contributed by atoms with van der Waals surface area (Å²) >= 11 is 1.72. The molecule has 21 heavy (non-hydrogen) atoms. The van der Waals surface area contributed by atoms with Gasteiger partial charge in [-0.1, -0.05) is 0 Å². The number of nitrogens with zero attached hydrogens (tertiary/aromatic N) is 3. The van der Waals surface area contributed by atoms with E-state index < -0.39 is 5.97 Å². The maximum absolute atomic E-state index is 12.6. The molecule has 1 aliphatic rings. The van der Waals surface area contributed by atoms with Crippen LogP contribution in [0.1, 0.15) is 19.8 Å². The van der Waals surface area contributed by atoms with Gasteiger partial charge in [0, 0.05) is 31.1 Å². The fraction of sp³-hybridized carbons (Fsp3) is 0.857. The number of aliphatic carboxylic acids is 1. The Morgan fingerprint density at radius 1 is 1.33 bits per heavy atom. The minimum Gasteiger partial charge on any atom is -0.481 e. The monoisotopic (exact) mass is 317 g/mol. The lowest BCUT2D eigenvalue weighted by molar-refractivity contribution is -0.138. The van der Waals surface area contributed by atoms with Crippen LogP contribution in [0.25, 0.3) is 0 Å². The molecule has 0 aliphatic carbocycles. The van der Waals surface area contributed by atoms with Crippen molar-refractivity contribution in [2.45, 2.75) is 25.8 Å². The number of urea groups is 1. The highest BCUT2D eigenvalue weighted by molar-refractivity contribution is 7.99. The zero-order chi connectivity index (χ0) is 15.8. The molecule has 0 radical (unpaired) electrons. The maximum atomic E-state index is 12.6. The van der Waals surface area contributed by atoms with Crippen LogP contribution < -0.4 is 0 Å². The van der Waals surface area contributed by atoms with Crippen molar-refractivity contribution in [2.75, 3.05) is 51.8 Å². The molecule has 0 aromatic heterocycles. The summed E-state index contributed by atoms with van der Waals surface area (Å²) in [4.78, 5) is 29.3. The third-order valence-electron chi connectivity index (χ3n) is 3.57.